The number of pyridine rings is 1. The highest BCUT2D eigenvalue weighted by atomic mass is 16.3. The van der Waals surface area contributed by atoms with Crippen LogP contribution < -0.4 is 5.32 Å². The molecule has 15 heavy (non-hydrogen) atoms. The van der Waals surface area contributed by atoms with Gasteiger partial charge in [-0.05, 0) is 24.5 Å². The topological polar surface area (TPSA) is 45.1 Å². The first-order chi connectivity index (χ1) is 7.13. The Labute approximate surface area is 91.5 Å². The predicted octanol–water partition coefficient (Wildman–Crippen LogP) is 1.50. The van der Waals surface area contributed by atoms with Crippen LogP contribution in [0.3, 0.4) is 0 Å². The molecule has 3 nitrogen and oxygen atoms in total. The highest BCUT2D eigenvalue weighted by Crippen LogP contribution is 2.03. The summed E-state index contributed by atoms with van der Waals surface area (Å²) in [6.45, 7) is 7.09. The smallest absolute Gasteiger partial charge is 0.0587 e. The second kappa shape index (κ2) is 5.83. The van der Waals surface area contributed by atoms with Gasteiger partial charge in [-0.1, -0.05) is 19.9 Å². The van der Waals surface area contributed by atoms with Crippen molar-refractivity contribution in [2.75, 3.05) is 6.61 Å². The molecule has 0 saturated carbocycles. The van der Waals surface area contributed by atoms with Crippen LogP contribution in [0, 0.1) is 12.8 Å². The third-order valence-corrected chi connectivity index (χ3v) is 2.52. The third-order valence-electron chi connectivity index (χ3n) is 2.52. The van der Waals surface area contributed by atoms with E-state index in [-0.39, 0.29) is 12.6 Å². The van der Waals surface area contributed by atoms with E-state index < -0.39 is 0 Å². The van der Waals surface area contributed by atoms with Crippen molar-refractivity contribution in [3.63, 3.8) is 0 Å². The van der Waals surface area contributed by atoms with E-state index in [1.54, 1.807) is 0 Å². The average molecular weight is 208 g/mol. The molecule has 0 unspecified atom stereocenters. The largest absolute Gasteiger partial charge is 0.395 e. The molecule has 0 spiro atoms. The van der Waals surface area contributed by atoms with Crippen LogP contribution in [0.15, 0.2) is 18.3 Å². The number of hydrogen-bond donors (Lipinski definition) is 2. The fourth-order valence-corrected chi connectivity index (χ4v) is 1.35. The van der Waals surface area contributed by atoms with Crippen LogP contribution in [0.5, 0.6) is 0 Å². The lowest BCUT2D eigenvalue weighted by Gasteiger charge is -2.19. The summed E-state index contributed by atoms with van der Waals surface area (Å²) in [4.78, 5) is 4.30. The van der Waals surface area contributed by atoms with Gasteiger partial charge in [0.05, 0.1) is 12.3 Å². The van der Waals surface area contributed by atoms with Crippen molar-refractivity contribution in [2.24, 2.45) is 5.92 Å². The number of aryl methyl sites for hydroxylation is 1. The van der Waals surface area contributed by atoms with Crippen molar-refractivity contribution in [1.29, 1.82) is 0 Å². The van der Waals surface area contributed by atoms with Gasteiger partial charge in [-0.3, -0.25) is 4.98 Å². The first-order valence-electron chi connectivity index (χ1n) is 5.39. The van der Waals surface area contributed by atoms with Crippen LogP contribution in [-0.2, 0) is 6.54 Å². The van der Waals surface area contributed by atoms with Gasteiger partial charge in [0.1, 0.15) is 0 Å². The summed E-state index contributed by atoms with van der Waals surface area (Å²) in [7, 11) is 0. The molecule has 1 atom stereocenters. The Hall–Kier alpha value is -0.930. The zero-order chi connectivity index (χ0) is 11.3. The Morgan fingerprint density at radius 3 is 2.60 bits per heavy atom. The zero-order valence-electron chi connectivity index (χ0n) is 9.70. The number of aliphatic hydroxyl groups excluding tert-OH is 1. The van der Waals surface area contributed by atoms with Gasteiger partial charge in [-0.25, -0.2) is 0 Å². The van der Waals surface area contributed by atoms with E-state index in [9.17, 15) is 0 Å². The molecule has 0 aromatic carbocycles. The van der Waals surface area contributed by atoms with Crippen LogP contribution in [0.2, 0.25) is 0 Å². The second-order valence-corrected chi connectivity index (χ2v) is 4.24. The van der Waals surface area contributed by atoms with Crippen molar-refractivity contribution in [3.05, 3.63) is 29.6 Å². The lowest BCUT2D eigenvalue weighted by atomic mass is 10.1. The number of nitrogens with zero attached hydrogens (tertiary/aromatic N) is 1. The molecule has 2 N–H and O–H groups in total. The van der Waals surface area contributed by atoms with Gasteiger partial charge in [0, 0.05) is 18.8 Å². The second-order valence-electron chi connectivity index (χ2n) is 4.24. The van der Waals surface area contributed by atoms with Crippen LogP contribution in [-0.4, -0.2) is 22.7 Å². The fraction of sp³-hybridized carbons (Fsp3) is 0.583. The van der Waals surface area contributed by atoms with E-state index in [1.807, 2.05) is 25.3 Å². The Morgan fingerprint density at radius 2 is 2.13 bits per heavy atom. The molecule has 1 heterocycles. The fourth-order valence-electron chi connectivity index (χ4n) is 1.35. The van der Waals surface area contributed by atoms with Crippen LogP contribution in [0.25, 0.3) is 0 Å². The van der Waals surface area contributed by atoms with Gasteiger partial charge in [-0.15, -0.1) is 0 Å². The number of nitrogens with one attached hydrogen (secondary N) is 1. The molecule has 0 bridgehead atoms. The molecular formula is C12H20N2O. The molecule has 3 heteroatoms. The zero-order valence-corrected chi connectivity index (χ0v) is 9.70. The molecule has 1 aromatic heterocycles. The maximum Gasteiger partial charge on any atom is 0.0587 e. The molecular weight excluding hydrogens is 188 g/mol. The van der Waals surface area contributed by atoms with E-state index in [1.165, 1.54) is 5.56 Å². The summed E-state index contributed by atoms with van der Waals surface area (Å²) in [5, 5.41) is 12.4. The van der Waals surface area contributed by atoms with E-state index in [4.69, 9.17) is 5.11 Å². The minimum absolute atomic E-state index is 0.146. The Kier molecular flexibility index (Phi) is 4.72. The van der Waals surface area contributed by atoms with Gasteiger partial charge in [0.25, 0.3) is 0 Å². The number of aliphatic hydroxyl groups is 1. The maximum atomic E-state index is 9.14. The normalized spacial score (nSPS) is 13.1. The van der Waals surface area contributed by atoms with E-state index in [0.29, 0.717) is 12.5 Å². The Balaban J connectivity index is 2.45. The van der Waals surface area contributed by atoms with Crippen molar-refractivity contribution in [2.45, 2.75) is 33.4 Å². The van der Waals surface area contributed by atoms with Crippen molar-refractivity contribution < 1.29 is 5.11 Å². The summed E-state index contributed by atoms with van der Waals surface area (Å²) < 4.78 is 0. The van der Waals surface area contributed by atoms with Crippen molar-refractivity contribution >= 4 is 0 Å². The van der Waals surface area contributed by atoms with E-state index in [0.717, 1.165) is 5.69 Å². The molecule has 0 aliphatic rings. The predicted molar refractivity (Wildman–Crippen MR) is 61.5 cm³/mol. The standard InChI is InChI=1S/C12H20N2O/c1-9(2)12(8-15)14-7-11-5-4-10(3)6-13-11/h4-6,9,12,14-15H,7-8H2,1-3H3/t12-/m1/s1. The van der Waals surface area contributed by atoms with Crippen LogP contribution in [0.4, 0.5) is 0 Å². The summed E-state index contributed by atoms with van der Waals surface area (Å²) in [6, 6.07) is 4.21. The third kappa shape index (κ3) is 3.98. The quantitative estimate of drug-likeness (QED) is 0.770. The summed E-state index contributed by atoms with van der Waals surface area (Å²) in [5.41, 5.74) is 2.18. The van der Waals surface area contributed by atoms with Crippen molar-refractivity contribution in [1.82, 2.24) is 10.3 Å². The molecule has 0 radical (unpaired) electrons. The van der Waals surface area contributed by atoms with Gasteiger partial charge in [0.15, 0.2) is 0 Å². The first-order valence-corrected chi connectivity index (χ1v) is 5.39. The minimum atomic E-state index is 0.146. The van der Waals surface area contributed by atoms with Gasteiger partial charge in [0.2, 0.25) is 0 Å². The van der Waals surface area contributed by atoms with Gasteiger partial charge >= 0.3 is 0 Å². The number of hydrogen-bond acceptors (Lipinski definition) is 3. The summed E-state index contributed by atoms with van der Waals surface area (Å²) in [6.07, 6.45) is 1.86. The molecule has 84 valence electrons. The summed E-state index contributed by atoms with van der Waals surface area (Å²) >= 11 is 0. The lowest BCUT2D eigenvalue weighted by Crippen LogP contribution is -2.36. The molecule has 0 amide bonds. The molecule has 0 aliphatic carbocycles. The maximum absolute atomic E-state index is 9.14. The van der Waals surface area contributed by atoms with E-state index >= 15 is 0 Å². The number of aromatic nitrogens is 1. The van der Waals surface area contributed by atoms with Crippen molar-refractivity contribution in [3.8, 4) is 0 Å². The van der Waals surface area contributed by atoms with Crippen LogP contribution in [0.1, 0.15) is 25.1 Å². The summed E-state index contributed by atoms with van der Waals surface area (Å²) in [5.74, 6) is 0.431. The first kappa shape index (κ1) is 12.1. The van der Waals surface area contributed by atoms with Gasteiger partial charge < -0.3 is 10.4 Å². The van der Waals surface area contributed by atoms with Gasteiger partial charge in [-0.2, -0.15) is 0 Å². The highest BCUT2D eigenvalue weighted by Gasteiger charge is 2.10. The Morgan fingerprint density at radius 1 is 1.40 bits per heavy atom. The lowest BCUT2D eigenvalue weighted by molar-refractivity contribution is 0.209. The SMILES string of the molecule is Cc1ccc(CN[C@H](CO)C(C)C)nc1. The minimum Gasteiger partial charge on any atom is -0.395 e. The van der Waals surface area contributed by atoms with E-state index in [2.05, 4.69) is 24.1 Å². The molecule has 1 rings (SSSR count). The molecule has 0 saturated heterocycles. The molecule has 0 fully saturated rings. The monoisotopic (exact) mass is 208 g/mol. The molecule has 1 aromatic rings. The van der Waals surface area contributed by atoms with Crippen LogP contribution >= 0.6 is 0 Å². The average Bonchev–Trinajstić information content (AvgIpc) is 2.21. The highest BCUT2D eigenvalue weighted by molar-refractivity contribution is 5.12. The molecule has 0 aliphatic heterocycles. The number of rotatable bonds is 5. The Bertz CT molecular complexity index is 282.